The topological polar surface area (TPSA) is 133 Å². The summed E-state index contributed by atoms with van der Waals surface area (Å²) < 4.78 is 20.0. The van der Waals surface area contributed by atoms with Gasteiger partial charge in [0.2, 0.25) is 5.79 Å². The molecule has 0 radical (unpaired) electrons. The second-order valence-corrected chi connectivity index (χ2v) is 14.5. The second kappa shape index (κ2) is 18.0. The summed E-state index contributed by atoms with van der Waals surface area (Å²) >= 11 is 1.78. The Labute approximate surface area is 299 Å². The molecule has 3 aliphatic rings. The lowest BCUT2D eigenvalue weighted by atomic mass is 9.56. The number of hydrogen-bond donors (Lipinski definition) is 2. The molecule has 2 aliphatic carbocycles. The number of nitrogens with zero attached hydrogens (tertiary/aromatic N) is 2. The van der Waals surface area contributed by atoms with Gasteiger partial charge >= 0.3 is 0 Å². The van der Waals surface area contributed by atoms with E-state index in [-0.39, 0.29) is 54.4 Å². The van der Waals surface area contributed by atoms with E-state index in [0.29, 0.717) is 19.6 Å². The van der Waals surface area contributed by atoms with E-state index in [9.17, 15) is 20.3 Å². The van der Waals surface area contributed by atoms with Crippen LogP contribution in [0.15, 0.2) is 84.6 Å². The van der Waals surface area contributed by atoms with Gasteiger partial charge in [0.25, 0.3) is 5.69 Å². The maximum atomic E-state index is 11.2. The van der Waals surface area contributed by atoms with Gasteiger partial charge in [-0.05, 0) is 84.7 Å². The molecular formula is C39H50N2O8S. The molecular weight excluding hydrogens is 657 g/mol. The van der Waals surface area contributed by atoms with E-state index < -0.39 is 10.7 Å². The first-order valence-electron chi connectivity index (χ1n) is 17.7. The number of hydrogen-bond acceptors (Lipinski definition) is 10. The van der Waals surface area contributed by atoms with E-state index in [0.717, 1.165) is 78.2 Å². The summed E-state index contributed by atoms with van der Waals surface area (Å²) in [7, 11) is 0. The van der Waals surface area contributed by atoms with E-state index in [2.05, 4.69) is 32.2 Å². The first-order chi connectivity index (χ1) is 24.4. The lowest BCUT2D eigenvalue weighted by Crippen LogP contribution is -2.64. The molecule has 2 N–H and O–H groups in total. The Hall–Kier alpha value is -3.64. The summed E-state index contributed by atoms with van der Waals surface area (Å²) in [6.45, 7) is 11.1. The van der Waals surface area contributed by atoms with Crippen molar-refractivity contribution >= 4 is 23.2 Å². The van der Waals surface area contributed by atoms with Crippen LogP contribution < -0.4 is 9.47 Å². The van der Waals surface area contributed by atoms with Gasteiger partial charge in [-0.15, -0.1) is 6.58 Å². The molecule has 1 fully saturated rings. The van der Waals surface area contributed by atoms with Crippen molar-refractivity contribution < 1.29 is 34.2 Å². The number of aliphatic hydroxyl groups is 2. The van der Waals surface area contributed by atoms with Crippen LogP contribution in [-0.4, -0.2) is 64.1 Å². The number of thioether (sulfide) groups is 1. The third-order valence-corrected chi connectivity index (χ3v) is 11.1. The molecule has 6 atom stereocenters. The van der Waals surface area contributed by atoms with Gasteiger partial charge in [0.05, 0.1) is 28.4 Å². The molecule has 10 nitrogen and oxygen atoms in total. The Morgan fingerprint density at radius 2 is 1.80 bits per heavy atom. The Morgan fingerprint density at radius 3 is 2.48 bits per heavy atom. The smallest absolute Gasteiger partial charge is 0.269 e. The number of non-ortho nitro benzene ring substituents is 1. The van der Waals surface area contributed by atoms with E-state index >= 15 is 0 Å². The highest BCUT2D eigenvalue weighted by atomic mass is 32.2. The van der Waals surface area contributed by atoms with Crippen LogP contribution in [0.25, 0.3) is 0 Å². The van der Waals surface area contributed by atoms with Gasteiger partial charge in [-0.1, -0.05) is 49.7 Å². The molecule has 50 heavy (non-hydrogen) atoms. The average Bonchev–Trinajstić information content (AvgIpc) is 3.12. The van der Waals surface area contributed by atoms with Gasteiger partial charge in [-0.25, -0.2) is 0 Å². The van der Waals surface area contributed by atoms with Crippen molar-refractivity contribution in [3.63, 3.8) is 0 Å². The molecule has 2 aromatic rings. The molecule has 0 saturated heterocycles. The van der Waals surface area contributed by atoms with Gasteiger partial charge in [-0.3, -0.25) is 10.1 Å². The van der Waals surface area contributed by atoms with E-state index in [4.69, 9.17) is 24.2 Å². The molecule has 0 aromatic heterocycles. The zero-order valence-corrected chi connectivity index (χ0v) is 29.7. The number of ether oxygens (including phenoxy) is 3. The van der Waals surface area contributed by atoms with Crippen LogP contribution in [0.1, 0.15) is 68.9 Å². The van der Waals surface area contributed by atoms with Crippen LogP contribution in [0.3, 0.4) is 0 Å². The highest BCUT2D eigenvalue weighted by Gasteiger charge is 2.63. The lowest BCUT2D eigenvalue weighted by molar-refractivity contribution is -0.384. The van der Waals surface area contributed by atoms with Crippen molar-refractivity contribution in [2.45, 2.75) is 75.4 Å². The molecule has 5 rings (SSSR count). The Balaban J connectivity index is 1.65. The summed E-state index contributed by atoms with van der Waals surface area (Å²) in [5.74, 6) is 1.48. The predicted octanol–water partition coefficient (Wildman–Crippen LogP) is 7.75. The summed E-state index contributed by atoms with van der Waals surface area (Å²) in [6.07, 6.45) is 11.4. The van der Waals surface area contributed by atoms with E-state index in [1.165, 1.54) is 12.1 Å². The number of benzene rings is 2. The fourth-order valence-electron chi connectivity index (χ4n) is 7.82. The zero-order valence-electron chi connectivity index (χ0n) is 28.9. The van der Waals surface area contributed by atoms with Gasteiger partial charge < -0.3 is 29.3 Å². The number of aliphatic hydroxyl groups excluding tert-OH is 2. The van der Waals surface area contributed by atoms with Crippen LogP contribution in [-0.2, 0) is 16.2 Å². The summed E-state index contributed by atoms with van der Waals surface area (Å²) in [5, 5.41) is 35.3. The van der Waals surface area contributed by atoms with Crippen LogP contribution >= 0.6 is 11.8 Å². The maximum absolute atomic E-state index is 11.2. The van der Waals surface area contributed by atoms with Gasteiger partial charge in [0.15, 0.2) is 0 Å². The fraction of sp³-hybridized carbons (Fsp3) is 0.513. The van der Waals surface area contributed by atoms with Crippen molar-refractivity contribution in [1.82, 2.24) is 0 Å². The predicted molar refractivity (Wildman–Crippen MR) is 197 cm³/mol. The fourth-order valence-corrected chi connectivity index (χ4v) is 8.99. The van der Waals surface area contributed by atoms with Crippen LogP contribution in [0.5, 0.6) is 11.5 Å². The van der Waals surface area contributed by atoms with Crippen molar-refractivity contribution in [2.75, 3.05) is 32.2 Å². The zero-order chi connectivity index (χ0) is 35.5. The summed E-state index contributed by atoms with van der Waals surface area (Å²) in [5.41, 5.74) is 3.76. The Kier molecular flexibility index (Phi) is 13.6. The third kappa shape index (κ3) is 8.28. The third-order valence-electron chi connectivity index (χ3n) is 9.91. The second-order valence-electron chi connectivity index (χ2n) is 13.0. The molecule has 0 bridgehead atoms. The van der Waals surface area contributed by atoms with Crippen molar-refractivity contribution in [3.8, 4) is 11.5 Å². The minimum atomic E-state index is -1.01. The number of allylic oxidation sites excluding steroid dienone is 1. The highest BCUT2D eigenvalue weighted by molar-refractivity contribution is 8.00. The minimum Gasteiger partial charge on any atom is -0.490 e. The highest BCUT2D eigenvalue weighted by Crippen LogP contribution is 2.62. The first-order valence-corrected chi connectivity index (χ1v) is 18.7. The van der Waals surface area contributed by atoms with Crippen LogP contribution in [0, 0.1) is 27.9 Å². The van der Waals surface area contributed by atoms with Crippen molar-refractivity contribution in [1.29, 1.82) is 0 Å². The van der Waals surface area contributed by atoms with Crippen LogP contribution in [0.2, 0.25) is 0 Å². The standard InChI is InChI=1S/C39H50N2O8S/c1-4-21-46-30-17-18-35-33(24-30)37-31(12-8-10-20-43)28(11-7-9-19-42)23-32-34(40-48-26-27-13-15-29(16-14-27)41(44)45)25-36(50-6-3)39(49-35,38(32)37)47-22-5-2/h4-5,13-18,23-24,28,31,36-38,42-43H,1-2,6-12,19-22,25-26H2,3H3/t28-,31+,36-,37+,38+,39+/m0/s1. The molecule has 0 spiro atoms. The lowest BCUT2D eigenvalue weighted by Gasteiger charge is -2.58. The number of rotatable bonds is 20. The molecule has 1 aliphatic heterocycles. The van der Waals surface area contributed by atoms with Gasteiger partial charge in [0, 0.05) is 43.2 Å². The number of nitro benzene ring substituents is 1. The van der Waals surface area contributed by atoms with E-state index in [1.807, 2.05) is 12.1 Å². The normalized spacial score (nSPS) is 25.9. The quantitative estimate of drug-likeness (QED) is 0.0614. The Bertz CT molecular complexity index is 1530. The minimum absolute atomic E-state index is 0.0196. The molecule has 270 valence electrons. The van der Waals surface area contributed by atoms with Crippen LogP contribution in [0.4, 0.5) is 5.69 Å². The first kappa shape index (κ1) is 37.6. The van der Waals surface area contributed by atoms with Crippen molar-refractivity contribution in [2.24, 2.45) is 22.9 Å². The average molecular weight is 707 g/mol. The van der Waals surface area contributed by atoms with Gasteiger partial charge in [-0.2, -0.15) is 11.8 Å². The maximum Gasteiger partial charge on any atom is 0.269 e. The van der Waals surface area contributed by atoms with E-state index in [1.54, 1.807) is 36.0 Å². The molecule has 0 unspecified atom stereocenters. The number of fused-ring (bicyclic) bond motifs is 2. The molecule has 0 amide bonds. The SMILES string of the molecule is C=CCOc1ccc2c(c1)[C@H]1[C@H](CCCCO)[C@@H](CCCCO)C=C3C(=NOCc4ccc([N+](=O)[O-])cc4)C[C@H](SCC)[C@@](OCC=C)(O2)[C@H]31. The van der Waals surface area contributed by atoms with Crippen molar-refractivity contribution in [3.05, 3.63) is 101 Å². The summed E-state index contributed by atoms with van der Waals surface area (Å²) in [6, 6.07) is 12.3. The number of oxime groups is 1. The number of nitro groups is 1. The molecule has 1 heterocycles. The molecule has 1 saturated carbocycles. The Morgan fingerprint density at radius 1 is 1.06 bits per heavy atom. The molecule has 2 aromatic carbocycles. The monoisotopic (exact) mass is 706 g/mol. The molecule has 11 heteroatoms. The largest absolute Gasteiger partial charge is 0.490 e. The van der Waals surface area contributed by atoms with Gasteiger partial charge in [0.1, 0.15) is 24.7 Å². The number of unbranched alkanes of at least 4 members (excludes halogenated alkanes) is 2. The summed E-state index contributed by atoms with van der Waals surface area (Å²) in [4.78, 5) is 16.8.